The molecule has 7 heteroatoms. The van der Waals surface area contributed by atoms with Crippen LogP contribution in [0.15, 0.2) is 41.4 Å². The van der Waals surface area contributed by atoms with Crippen molar-refractivity contribution < 1.29 is 19.0 Å². The molecule has 27 heavy (non-hydrogen) atoms. The number of hydrogen-bond donors (Lipinski definition) is 0. The van der Waals surface area contributed by atoms with E-state index in [1.54, 1.807) is 25.3 Å². The maximum absolute atomic E-state index is 12.7. The number of methoxy groups -OCH3 is 1. The standard InChI is InChI=1S/C20H16N2O4S/c1-3-9-22-18-15(24-2)5-4-6-17(18)27-20(22)21-19(23)13-7-8-14-16(12-13)26-11-10-25-14/h1,4-8,12H,9-11H2,2H3. The number of carbonyl (C=O) groups is 1. The maximum Gasteiger partial charge on any atom is 0.279 e. The first-order valence-corrected chi connectivity index (χ1v) is 9.11. The van der Waals surface area contributed by atoms with Crippen molar-refractivity contribution in [3.63, 3.8) is 0 Å². The fraction of sp³-hybridized carbons (Fsp3) is 0.200. The van der Waals surface area contributed by atoms with E-state index in [-0.39, 0.29) is 12.5 Å². The molecule has 1 aromatic heterocycles. The van der Waals surface area contributed by atoms with Crippen molar-refractivity contribution in [2.45, 2.75) is 6.54 Å². The first-order valence-electron chi connectivity index (χ1n) is 8.30. The van der Waals surface area contributed by atoms with Crippen molar-refractivity contribution in [1.29, 1.82) is 0 Å². The highest BCUT2D eigenvalue weighted by atomic mass is 32.1. The molecule has 0 saturated carbocycles. The number of rotatable bonds is 3. The average Bonchev–Trinajstić information content (AvgIpc) is 3.05. The van der Waals surface area contributed by atoms with Gasteiger partial charge in [0.15, 0.2) is 16.3 Å². The number of thiazole rings is 1. The maximum atomic E-state index is 12.7. The van der Waals surface area contributed by atoms with Gasteiger partial charge < -0.3 is 18.8 Å². The minimum Gasteiger partial charge on any atom is -0.495 e. The Morgan fingerprint density at radius 1 is 1.30 bits per heavy atom. The lowest BCUT2D eigenvalue weighted by atomic mass is 10.2. The van der Waals surface area contributed by atoms with E-state index < -0.39 is 0 Å². The molecule has 0 aliphatic carbocycles. The Morgan fingerprint density at radius 2 is 2.11 bits per heavy atom. The zero-order valence-corrected chi connectivity index (χ0v) is 15.4. The lowest BCUT2D eigenvalue weighted by Crippen LogP contribution is -2.17. The molecule has 0 spiro atoms. The highest BCUT2D eigenvalue weighted by molar-refractivity contribution is 7.16. The molecular formula is C20H16N2O4S. The Kier molecular flexibility index (Phi) is 4.57. The molecule has 0 bridgehead atoms. The van der Waals surface area contributed by atoms with Gasteiger partial charge in [0.25, 0.3) is 5.91 Å². The van der Waals surface area contributed by atoms with Crippen LogP contribution in [0.5, 0.6) is 17.2 Å². The van der Waals surface area contributed by atoms with E-state index in [9.17, 15) is 4.79 Å². The highest BCUT2D eigenvalue weighted by Crippen LogP contribution is 2.31. The molecule has 0 N–H and O–H groups in total. The van der Waals surface area contributed by atoms with E-state index in [4.69, 9.17) is 20.6 Å². The predicted molar refractivity (Wildman–Crippen MR) is 103 cm³/mol. The number of terminal acetylenes is 1. The quantitative estimate of drug-likeness (QED) is 0.656. The molecule has 1 amide bonds. The highest BCUT2D eigenvalue weighted by Gasteiger charge is 2.16. The Balaban J connectivity index is 1.81. The first-order chi connectivity index (χ1) is 13.2. The van der Waals surface area contributed by atoms with Crippen LogP contribution in [0.4, 0.5) is 0 Å². The Morgan fingerprint density at radius 3 is 2.89 bits per heavy atom. The number of fused-ring (bicyclic) bond motifs is 2. The number of nitrogens with zero attached hydrogens (tertiary/aromatic N) is 2. The number of para-hydroxylation sites is 1. The molecule has 0 fully saturated rings. The van der Waals surface area contributed by atoms with Crippen molar-refractivity contribution in [2.75, 3.05) is 20.3 Å². The molecule has 6 nitrogen and oxygen atoms in total. The van der Waals surface area contributed by atoms with Crippen LogP contribution in [0.3, 0.4) is 0 Å². The van der Waals surface area contributed by atoms with Crippen molar-refractivity contribution >= 4 is 27.5 Å². The van der Waals surface area contributed by atoms with Gasteiger partial charge in [-0.05, 0) is 30.3 Å². The van der Waals surface area contributed by atoms with Crippen LogP contribution in [0.1, 0.15) is 10.4 Å². The van der Waals surface area contributed by atoms with E-state index >= 15 is 0 Å². The summed E-state index contributed by atoms with van der Waals surface area (Å²) in [6.45, 7) is 1.24. The molecule has 1 aliphatic rings. The number of benzene rings is 2. The molecular weight excluding hydrogens is 364 g/mol. The fourth-order valence-corrected chi connectivity index (χ4v) is 3.96. The summed E-state index contributed by atoms with van der Waals surface area (Å²) in [6, 6.07) is 10.8. The number of carbonyl (C=O) groups excluding carboxylic acids is 1. The monoisotopic (exact) mass is 380 g/mol. The minimum absolute atomic E-state index is 0.285. The normalized spacial score (nSPS) is 13.4. The van der Waals surface area contributed by atoms with Gasteiger partial charge in [0.05, 0.1) is 18.4 Å². The molecule has 0 unspecified atom stereocenters. The smallest absolute Gasteiger partial charge is 0.279 e. The summed E-state index contributed by atoms with van der Waals surface area (Å²) in [7, 11) is 1.60. The number of amides is 1. The van der Waals surface area contributed by atoms with Gasteiger partial charge >= 0.3 is 0 Å². The van der Waals surface area contributed by atoms with E-state index in [2.05, 4.69) is 10.9 Å². The molecule has 2 heterocycles. The van der Waals surface area contributed by atoms with Crippen molar-refractivity contribution in [3.8, 4) is 29.6 Å². The predicted octanol–water partition coefficient (Wildman–Crippen LogP) is 2.86. The van der Waals surface area contributed by atoms with E-state index in [0.717, 1.165) is 10.2 Å². The summed E-state index contributed by atoms with van der Waals surface area (Å²) in [5.74, 6) is 4.11. The van der Waals surface area contributed by atoms with Gasteiger partial charge in [-0.3, -0.25) is 4.79 Å². The molecule has 0 saturated heterocycles. The molecule has 3 aromatic rings. The molecule has 4 rings (SSSR count). The number of hydrogen-bond acceptors (Lipinski definition) is 5. The third-order valence-electron chi connectivity index (χ3n) is 4.12. The zero-order valence-electron chi connectivity index (χ0n) is 14.6. The average molecular weight is 380 g/mol. The first kappa shape index (κ1) is 17.2. The van der Waals surface area contributed by atoms with Gasteiger partial charge in [0, 0.05) is 5.56 Å². The SMILES string of the molecule is C#CCn1c(=NC(=O)c2ccc3c(c2)OCCO3)sc2cccc(OC)c21. The summed E-state index contributed by atoms with van der Waals surface area (Å²) in [4.78, 5) is 17.6. The third-order valence-corrected chi connectivity index (χ3v) is 5.16. The summed E-state index contributed by atoms with van der Waals surface area (Å²) < 4.78 is 19.2. The second kappa shape index (κ2) is 7.17. The Labute approximate surface area is 159 Å². The van der Waals surface area contributed by atoms with E-state index in [0.29, 0.717) is 40.8 Å². The van der Waals surface area contributed by atoms with Crippen LogP contribution in [0, 0.1) is 12.3 Å². The van der Waals surface area contributed by atoms with Crippen LogP contribution in [-0.2, 0) is 6.54 Å². The van der Waals surface area contributed by atoms with Crippen LogP contribution >= 0.6 is 11.3 Å². The van der Waals surface area contributed by atoms with Crippen molar-refractivity contribution in [2.24, 2.45) is 4.99 Å². The van der Waals surface area contributed by atoms with Gasteiger partial charge in [-0.2, -0.15) is 4.99 Å². The molecule has 0 radical (unpaired) electrons. The van der Waals surface area contributed by atoms with Gasteiger partial charge in [-0.25, -0.2) is 0 Å². The summed E-state index contributed by atoms with van der Waals surface area (Å²) in [6.07, 6.45) is 5.53. The van der Waals surface area contributed by atoms with Crippen LogP contribution in [0.2, 0.25) is 0 Å². The second-order valence-corrected chi connectivity index (χ2v) is 6.77. The van der Waals surface area contributed by atoms with Gasteiger partial charge in [0.1, 0.15) is 24.5 Å². The third kappa shape index (κ3) is 3.15. The Bertz CT molecular complexity index is 1140. The zero-order chi connectivity index (χ0) is 18.8. The second-order valence-electron chi connectivity index (χ2n) is 5.76. The van der Waals surface area contributed by atoms with Crippen molar-refractivity contribution in [1.82, 2.24) is 4.57 Å². The molecule has 2 aromatic carbocycles. The Hall–Kier alpha value is -3.24. The van der Waals surface area contributed by atoms with Gasteiger partial charge in [-0.15, -0.1) is 6.42 Å². The summed E-state index contributed by atoms with van der Waals surface area (Å²) in [5, 5.41) is 0. The molecule has 0 atom stereocenters. The largest absolute Gasteiger partial charge is 0.495 e. The topological polar surface area (TPSA) is 62.1 Å². The van der Waals surface area contributed by atoms with Crippen LogP contribution in [-0.4, -0.2) is 30.8 Å². The lowest BCUT2D eigenvalue weighted by Gasteiger charge is -2.18. The van der Waals surface area contributed by atoms with E-state index in [1.165, 1.54) is 11.3 Å². The van der Waals surface area contributed by atoms with Gasteiger partial charge in [0.2, 0.25) is 0 Å². The van der Waals surface area contributed by atoms with Gasteiger partial charge in [-0.1, -0.05) is 23.3 Å². The number of ether oxygens (including phenoxy) is 3. The minimum atomic E-state index is -0.372. The van der Waals surface area contributed by atoms with Crippen LogP contribution in [0.25, 0.3) is 10.2 Å². The van der Waals surface area contributed by atoms with Crippen LogP contribution < -0.4 is 19.0 Å². The number of aromatic nitrogens is 1. The summed E-state index contributed by atoms with van der Waals surface area (Å²) in [5.41, 5.74) is 1.26. The lowest BCUT2D eigenvalue weighted by molar-refractivity contribution is 0.0996. The van der Waals surface area contributed by atoms with Crippen molar-refractivity contribution in [3.05, 3.63) is 46.8 Å². The molecule has 136 valence electrons. The van der Waals surface area contributed by atoms with E-state index in [1.807, 2.05) is 22.8 Å². The fourth-order valence-electron chi connectivity index (χ4n) is 2.91. The molecule has 1 aliphatic heterocycles. The summed E-state index contributed by atoms with van der Waals surface area (Å²) >= 11 is 1.39.